The number of aryl methyl sites for hydroxylation is 3. The molecule has 0 atom stereocenters. The summed E-state index contributed by atoms with van der Waals surface area (Å²) >= 11 is 0. The number of aromatic nitrogens is 3. The van der Waals surface area contributed by atoms with E-state index in [0.717, 1.165) is 29.3 Å². The van der Waals surface area contributed by atoms with Gasteiger partial charge in [0.05, 0.1) is 17.9 Å². The van der Waals surface area contributed by atoms with Gasteiger partial charge in [-0.3, -0.25) is 4.68 Å². The molecular weight excluding hydrogens is 178 g/mol. The highest BCUT2D eigenvalue weighted by Gasteiger charge is 2.09. The molecule has 2 rings (SSSR count). The van der Waals surface area contributed by atoms with Crippen molar-refractivity contribution in [3.63, 3.8) is 0 Å². The molecule has 2 aromatic rings. The summed E-state index contributed by atoms with van der Waals surface area (Å²) in [5.41, 5.74) is 3.08. The van der Waals surface area contributed by atoms with Crippen LogP contribution >= 0.6 is 0 Å². The monoisotopic (exact) mass is 191 g/mol. The highest BCUT2D eigenvalue weighted by molar-refractivity contribution is 5.20. The highest BCUT2D eigenvalue weighted by atomic mass is 16.5. The zero-order chi connectivity index (χ0) is 10.1. The summed E-state index contributed by atoms with van der Waals surface area (Å²) < 4.78 is 6.97. The maximum atomic E-state index is 5.08. The summed E-state index contributed by atoms with van der Waals surface area (Å²) in [6.45, 7) is 6.58. The first-order valence-electron chi connectivity index (χ1n) is 4.58. The molecular formula is C10H13N3O. The third kappa shape index (κ3) is 1.55. The fourth-order valence-corrected chi connectivity index (χ4v) is 1.44. The van der Waals surface area contributed by atoms with Crippen molar-refractivity contribution >= 4 is 0 Å². The number of nitrogens with zero attached hydrogens (tertiary/aromatic N) is 3. The van der Waals surface area contributed by atoms with Gasteiger partial charge in [-0.05, 0) is 26.8 Å². The molecule has 14 heavy (non-hydrogen) atoms. The lowest BCUT2D eigenvalue weighted by Gasteiger charge is -1.99. The number of rotatable bonds is 2. The molecule has 2 heterocycles. The Morgan fingerprint density at radius 1 is 1.36 bits per heavy atom. The molecule has 4 heteroatoms. The second kappa shape index (κ2) is 3.29. The molecule has 0 fully saturated rings. The maximum absolute atomic E-state index is 5.08. The summed E-state index contributed by atoms with van der Waals surface area (Å²) in [7, 11) is 0. The lowest BCUT2D eigenvalue weighted by Crippen LogP contribution is -2.02. The zero-order valence-electron chi connectivity index (χ0n) is 8.61. The van der Waals surface area contributed by atoms with Gasteiger partial charge in [0.2, 0.25) is 0 Å². The van der Waals surface area contributed by atoms with Gasteiger partial charge in [0.25, 0.3) is 0 Å². The molecule has 0 saturated heterocycles. The van der Waals surface area contributed by atoms with Crippen molar-refractivity contribution in [2.24, 2.45) is 0 Å². The Kier molecular flexibility index (Phi) is 2.11. The van der Waals surface area contributed by atoms with E-state index in [1.165, 1.54) is 0 Å². The van der Waals surface area contributed by atoms with Gasteiger partial charge in [-0.25, -0.2) is 0 Å². The predicted octanol–water partition coefficient (Wildman–Crippen LogP) is 1.84. The van der Waals surface area contributed by atoms with E-state index >= 15 is 0 Å². The van der Waals surface area contributed by atoms with Gasteiger partial charge in [0, 0.05) is 11.8 Å². The lowest BCUT2D eigenvalue weighted by atomic mass is 10.2. The van der Waals surface area contributed by atoms with Crippen LogP contribution in [0.2, 0.25) is 0 Å². The van der Waals surface area contributed by atoms with E-state index in [1.54, 1.807) is 0 Å². The fourth-order valence-electron chi connectivity index (χ4n) is 1.44. The van der Waals surface area contributed by atoms with Crippen molar-refractivity contribution < 1.29 is 4.52 Å². The van der Waals surface area contributed by atoms with Gasteiger partial charge in [0.1, 0.15) is 5.76 Å². The van der Waals surface area contributed by atoms with Crippen LogP contribution in [0.15, 0.2) is 16.8 Å². The average molecular weight is 191 g/mol. The van der Waals surface area contributed by atoms with Crippen LogP contribution < -0.4 is 0 Å². The van der Waals surface area contributed by atoms with E-state index < -0.39 is 0 Å². The Balaban J connectivity index is 2.26. The minimum absolute atomic E-state index is 0.731. The van der Waals surface area contributed by atoms with Crippen molar-refractivity contribution in [2.45, 2.75) is 27.3 Å². The molecule has 0 bridgehead atoms. The molecule has 74 valence electrons. The lowest BCUT2D eigenvalue weighted by molar-refractivity contribution is 0.391. The molecule has 0 spiro atoms. The van der Waals surface area contributed by atoms with Gasteiger partial charge in [-0.2, -0.15) is 5.10 Å². The molecule has 2 aromatic heterocycles. The molecule has 0 aliphatic heterocycles. The standard InChI is InChI=1S/C10H13N3O/c1-7-4-5-13(11-7)6-10-8(2)12-14-9(10)3/h4-5H,6H2,1-3H3. The second-order valence-corrected chi connectivity index (χ2v) is 3.46. The fraction of sp³-hybridized carbons (Fsp3) is 0.400. The van der Waals surface area contributed by atoms with Crippen LogP contribution in [0.1, 0.15) is 22.7 Å². The molecule has 4 nitrogen and oxygen atoms in total. The smallest absolute Gasteiger partial charge is 0.138 e. The van der Waals surface area contributed by atoms with Gasteiger partial charge in [-0.1, -0.05) is 5.16 Å². The summed E-state index contributed by atoms with van der Waals surface area (Å²) in [6, 6.07) is 1.98. The molecule has 0 aliphatic rings. The Morgan fingerprint density at radius 2 is 2.14 bits per heavy atom. The van der Waals surface area contributed by atoms with E-state index in [2.05, 4.69) is 10.3 Å². The summed E-state index contributed by atoms with van der Waals surface area (Å²) in [5, 5.41) is 8.22. The van der Waals surface area contributed by atoms with Crippen LogP contribution in [0.4, 0.5) is 0 Å². The Morgan fingerprint density at radius 3 is 2.64 bits per heavy atom. The summed E-state index contributed by atoms with van der Waals surface area (Å²) in [5.74, 6) is 0.871. The Labute approximate surface area is 82.5 Å². The minimum Gasteiger partial charge on any atom is -0.361 e. The SMILES string of the molecule is Cc1ccn(Cc2c(C)noc2C)n1. The first-order chi connectivity index (χ1) is 6.66. The van der Waals surface area contributed by atoms with Crippen molar-refractivity contribution in [3.05, 3.63) is 35.0 Å². The van der Waals surface area contributed by atoms with Crippen LogP contribution in [0.5, 0.6) is 0 Å². The van der Waals surface area contributed by atoms with Gasteiger partial charge in [0.15, 0.2) is 0 Å². The normalized spacial score (nSPS) is 10.8. The molecule has 0 unspecified atom stereocenters. The van der Waals surface area contributed by atoms with Crippen molar-refractivity contribution in [2.75, 3.05) is 0 Å². The first kappa shape index (κ1) is 8.99. The predicted molar refractivity (Wildman–Crippen MR) is 52.0 cm³/mol. The van der Waals surface area contributed by atoms with Crippen LogP contribution in [0.25, 0.3) is 0 Å². The molecule has 0 aromatic carbocycles. The van der Waals surface area contributed by atoms with Crippen molar-refractivity contribution in [3.8, 4) is 0 Å². The average Bonchev–Trinajstić information content (AvgIpc) is 2.67. The largest absolute Gasteiger partial charge is 0.361 e. The van der Waals surface area contributed by atoms with E-state index in [1.807, 2.05) is 37.7 Å². The topological polar surface area (TPSA) is 43.9 Å². The van der Waals surface area contributed by atoms with E-state index in [-0.39, 0.29) is 0 Å². The summed E-state index contributed by atoms with van der Waals surface area (Å²) in [6.07, 6.45) is 1.96. The second-order valence-electron chi connectivity index (χ2n) is 3.46. The molecule has 0 amide bonds. The molecule has 0 N–H and O–H groups in total. The summed E-state index contributed by atoms with van der Waals surface area (Å²) in [4.78, 5) is 0. The van der Waals surface area contributed by atoms with E-state index in [9.17, 15) is 0 Å². The number of hydrogen-bond acceptors (Lipinski definition) is 3. The van der Waals surface area contributed by atoms with Gasteiger partial charge < -0.3 is 4.52 Å². The van der Waals surface area contributed by atoms with Crippen LogP contribution in [0, 0.1) is 20.8 Å². The maximum Gasteiger partial charge on any atom is 0.138 e. The van der Waals surface area contributed by atoms with Crippen LogP contribution in [0.3, 0.4) is 0 Å². The molecule has 0 radical (unpaired) electrons. The Bertz CT molecular complexity index is 422. The van der Waals surface area contributed by atoms with Gasteiger partial charge >= 0.3 is 0 Å². The Hall–Kier alpha value is -1.58. The van der Waals surface area contributed by atoms with E-state index in [0.29, 0.717) is 0 Å². The van der Waals surface area contributed by atoms with E-state index in [4.69, 9.17) is 4.52 Å². The van der Waals surface area contributed by atoms with Crippen molar-refractivity contribution in [1.29, 1.82) is 0 Å². The third-order valence-corrected chi connectivity index (χ3v) is 2.28. The molecule has 0 saturated carbocycles. The van der Waals surface area contributed by atoms with Gasteiger partial charge in [-0.15, -0.1) is 0 Å². The van der Waals surface area contributed by atoms with Crippen molar-refractivity contribution in [1.82, 2.24) is 14.9 Å². The first-order valence-corrected chi connectivity index (χ1v) is 4.58. The van der Waals surface area contributed by atoms with Crippen LogP contribution in [-0.2, 0) is 6.54 Å². The zero-order valence-corrected chi connectivity index (χ0v) is 8.61. The minimum atomic E-state index is 0.731. The molecule has 0 aliphatic carbocycles. The highest BCUT2D eigenvalue weighted by Crippen LogP contribution is 2.13. The third-order valence-electron chi connectivity index (χ3n) is 2.28. The number of hydrogen-bond donors (Lipinski definition) is 0. The van der Waals surface area contributed by atoms with Crippen LogP contribution in [-0.4, -0.2) is 14.9 Å². The quantitative estimate of drug-likeness (QED) is 0.727.